The lowest BCUT2D eigenvalue weighted by Crippen LogP contribution is -2.27. The molecule has 1 saturated carbocycles. The molecule has 1 amide bonds. The van der Waals surface area contributed by atoms with Crippen LogP contribution in [0.4, 0.5) is 10.1 Å². The van der Waals surface area contributed by atoms with Crippen LogP contribution in [-0.4, -0.2) is 5.91 Å². The van der Waals surface area contributed by atoms with Crippen LogP contribution in [0.25, 0.3) is 0 Å². The molecule has 2 aromatic carbocycles. The lowest BCUT2D eigenvalue weighted by molar-refractivity contribution is -0.118. The van der Waals surface area contributed by atoms with Crippen molar-refractivity contribution in [3.8, 4) is 0 Å². The Labute approximate surface area is 130 Å². The van der Waals surface area contributed by atoms with Gasteiger partial charge in [0.15, 0.2) is 0 Å². The molecule has 1 N–H and O–H groups in total. The number of halogens is 2. The normalized spacial score (nSPS) is 15.7. The Kier molecular flexibility index (Phi) is 3.50. The summed E-state index contributed by atoms with van der Waals surface area (Å²) >= 11 is 2.21. The molecule has 1 aliphatic carbocycles. The number of hydrogen-bond donors (Lipinski definition) is 1. The lowest BCUT2D eigenvalue weighted by atomic mass is 9.95. The topological polar surface area (TPSA) is 29.1 Å². The highest BCUT2D eigenvalue weighted by molar-refractivity contribution is 14.1. The van der Waals surface area contributed by atoms with Crippen molar-refractivity contribution >= 4 is 34.2 Å². The molecule has 0 atom stereocenters. The van der Waals surface area contributed by atoms with Crippen molar-refractivity contribution in [3.05, 3.63) is 63.5 Å². The van der Waals surface area contributed by atoms with E-state index in [4.69, 9.17) is 0 Å². The van der Waals surface area contributed by atoms with Crippen LogP contribution in [0.15, 0.2) is 48.5 Å². The van der Waals surface area contributed by atoms with Gasteiger partial charge in [0.25, 0.3) is 0 Å². The summed E-state index contributed by atoms with van der Waals surface area (Å²) in [5.41, 5.74) is 1.21. The molecule has 0 aliphatic heterocycles. The zero-order valence-corrected chi connectivity index (χ0v) is 12.9. The van der Waals surface area contributed by atoms with Gasteiger partial charge in [0.1, 0.15) is 5.82 Å². The molecule has 102 valence electrons. The average Bonchev–Trinajstić information content (AvgIpc) is 3.21. The Morgan fingerprint density at radius 2 is 1.85 bits per heavy atom. The van der Waals surface area contributed by atoms with Crippen molar-refractivity contribution in [2.45, 2.75) is 18.3 Å². The molecule has 2 nitrogen and oxygen atoms in total. The zero-order valence-electron chi connectivity index (χ0n) is 10.7. The third-order valence-corrected chi connectivity index (χ3v) is 4.33. The fourth-order valence-corrected chi connectivity index (χ4v) is 2.90. The minimum absolute atomic E-state index is 0.00823. The van der Waals surface area contributed by atoms with Crippen LogP contribution in [0, 0.1) is 9.39 Å². The Morgan fingerprint density at radius 3 is 2.45 bits per heavy atom. The zero-order chi connectivity index (χ0) is 14.2. The van der Waals surface area contributed by atoms with Crippen LogP contribution in [-0.2, 0) is 10.2 Å². The maximum Gasteiger partial charge on any atom is 0.235 e. The number of carbonyl (C=O) groups excluding carboxylic acids is 1. The predicted octanol–water partition coefficient (Wildman–Crippen LogP) is 4.10. The number of amides is 1. The summed E-state index contributed by atoms with van der Waals surface area (Å²) in [6, 6.07) is 13.9. The number of carbonyl (C=O) groups is 1. The predicted molar refractivity (Wildman–Crippen MR) is 85.1 cm³/mol. The number of anilines is 1. The molecule has 0 bridgehead atoms. The highest BCUT2D eigenvalue weighted by atomic mass is 127. The summed E-state index contributed by atoms with van der Waals surface area (Å²) in [6.07, 6.45) is 1.63. The van der Waals surface area contributed by atoms with E-state index in [0.29, 0.717) is 0 Å². The fourth-order valence-electron chi connectivity index (χ4n) is 2.36. The largest absolute Gasteiger partial charge is 0.325 e. The molecule has 0 aromatic heterocycles. The Morgan fingerprint density at radius 1 is 1.15 bits per heavy atom. The van der Waals surface area contributed by atoms with Gasteiger partial charge in [0.2, 0.25) is 5.91 Å². The van der Waals surface area contributed by atoms with Gasteiger partial charge in [0.05, 0.1) is 5.41 Å². The summed E-state index contributed by atoms with van der Waals surface area (Å²) in [5, 5.41) is 2.96. The summed E-state index contributed by atoms with van der Waals surface area (Å²) in [6.45, 7) is 0. The molecular formula is C16H13FINO. The minimum Gasteiger partial charge on any atom is -0.325 e. The molecule has 0 radical (unpaired) electrons. The molecule has 0 heterocycles. The molecule has 0 saturated heterocycles. The van der Waals surface area contributed by atoms with E-state index in [-0.39, 0.29) is 11.7 Å². The maximum absolute atomic E-state index is 13.0. The van der Waals surface area contributed by atoms with Gasteiger partial charge in [-0.25, -0.2) is 4.39 Å². The van der Waals surface area contributed by atoms with Crippen molar-refractivity contribution in [1.82, 2.24) is 0 Å². The molecule has 2 aromatic rings. The van der Waals surface area contributed by atoms with E-state index in [0.717, 1.165) is 27.7 Å². The van der Waals surface area contributed by atoms with Crippen LogP contribution in [0.1, 0.15) is 18.4 Å². The molecule has 3 rings (SSSR count). The van der Waals surface area contributed by atoms with Crippen molar-refractivity contribution in [2.24, 2.45) is 0 Å². The van der Waals surface area contributed by atoms with E-state index < -0.39 is 5.41 Å². The van der Waals surface area contributed by atoms with Gasteiger partial charge in [-0.3, -0.25) is 4.79 Å². The van der Waals surface area contributed by atoms with E-state index in [1.807, 2.05) is 24.3 Å². The number of rotatable bonds is 3. The smallest absolute Gasteiger partial charge is 0.235 e. The summed E-state index contributed by atoms with van der Waals surface area (Å²) < 4.78 is 14.1. The van der Waals surface area contributed by atoms with Crippen molar-refractivity contribution in [1.29, 1.82) is 0 Å². The van der Waals surface area contributed by atoms with Crippen LogP contribution >= 0.6 is 22.6 Å². The second-order valence-electron chi connectivity index (χ2n) is 5.05. The first-order valence-electron chi connectivity index (χ1n) is 6.43. The van der Waals surface area contributed by atoms with Gasteiger partial charge < -0.3 is 5.32 Å². The molecule has 0 unspecified atom stereocenters. The fraction of sp³-hybridized carbons (Fsp3) is 0.188. The Balaban J connectivity index is 1.81. The average molecular weight is 381 g/mol. The first kappa shape index (κ1) is 13.5. The van der Waals surface area contributed by atoms with Gasteiger partial charge in [-0.1, -0.05) is 18.2 Å². The van der Waals surface area contributed by atoms with Crippen LogP contribution < -0.4 is 5.32 Å². The van der Waals surface area contributed by atoms with E-state index in [1.165, 1.54) is 12.1 Å². The van der Waals surface area contributed by atoms with Crippen LogP contribution in [0.3, 0.4) is 0 Å². The SMILES string of the molecule is O=C(Nc1cccc(I)c1)C1(c2ccc(F)cc2)CC1. The summed E-state index contributed by atoms with van der Waals surface area (Å²) in [5.74, 6) is -0.284. The first-order valence-corrected chi connectivity index (χ1v) is 7.51. The van der Waals surface area contributed by atoms with Crippen molar-refractivity contribution in [2.75, 3.05) is 5.32 Å². The highest BCUT2D eigenvalue weighted by Gasteiger charge is 2.51. The second-order valence-corrected chi connectivity index (χ2v) is 6.30. The minimum atomic E-state index is -0.477. The molecule has 1 aliphatic rings. The number of benzene rings is 2. The Hall–Kier alpha value is -1.43. The van der Waals surface area contributed by atoms with Crippen LogP contribution in [0.5, 0.6) is 0 Å². The molecular weight excluding hydrogens is 368 g/mol. The molecule has 0 spiro atoms. The first-order chi connectivity index (χ1) is 9.60. The maximum atomic E-state index is 13.0. The number of hydrogen-bond acceptors (Lipinski definition) is 1. The standard InChI is InChI=1S/C16H13FINO/c17-12-6-4-11(5-7-12)16(8-9-16)15(20)19-14-3-1-2-13(18)10-14/h1-7,10H,8-9H2,(H,19,20). The highest BCUT2D eigenvalue weighted by Crippen LogP contribution is 2.49. The lowest BCUT2D eigenvalue weighted by Gasteiger charge is -2.16. The quantitative estimate of drug-likeness (QED) is 0.798. The third kappa shape index (κ3) is 2.57. The van der Waals surface area contributed by atoms with Gasteiger partial charge in [-0.05, 0) is 71.3 Å². The number of nitrogens with one attached hydrogen (secondary N) is 1. The van der Waals surface area contributed by atoms with Gasteiger partial charge in [-0.2, -0.15) is 0 Å². The molecule has 20 heavy (non-hydrogen) atoms. The van der Waals surface area contributed by atoms with Crippen molar-refractivity contribution < 1.29 is 9.18 Å². The van der Waals surface area contributed by atoms with Crippen molar-refractivity contribution in [3.63, 3.8) is 0 Å². The summed E-state index contributed by atoms with van der Waals surface area (Å²) in [7, 11) is 0. The van der Waals surface area contributed by atoms with Gasteiger partial charge in [0, 0.05) is 9.26 Å². The molecule has 1 fully saturated rings. The third-order valence-electron chi connectivity index (χ3n) is 3.66. The van der Waals surface area contributed by atoms with Gasteiger partial charge >= 0.3 is 0 Å². The van der Waals surface area contributed by atoms with E-state index >= 15 is 0 Å². The van der Waals surface area contributed by atoms with E-state index in [9.17, 15) is 9.18 Å². The summed E-state index contributed by atoms with van der Waals surface area (Å²) in [4.78, 5) is 12.5. The van der Waals surface area contributed by atoms with Gasteiger partial charge in [-0.15, -0.1) is 0 Å². The monoisotopic (exact) mass is 381 g/mol. The van der Waals surface area contributed by atoms with E-state index in [1.54, 1.807) is 12.1 Å². The Bertz CT molecular complexity index is 650. The van der Waals surface area contributed by atoms with Crippen LogP contribution in [0.2, 0.25) is 0 Å². The molecule has 4 heteroatoms. The second kappa shape index (κ2) is 5.16. The van der Waals surface area contributed by atoms with E-state index in [2.05, 4.69) is 27.9 Å².